The van der Waals surface area contributed by atoms with Crippen molar-refractivity contribution in [3.05, 3.63) is 34.6 Å². The number of hydrogen-bond donors (Lipinski definition) is 1. The van der Waals surface area contributed by atoms with Gasteiger partial charge in [-0.1, -0.05) is 13.0 Å². The van der Waals surface area contributed by atoms with E-state index in [-0.39, 0.29) is 17.5 Å². The molecule has 0 heterocycles. The number of aryl methyl sites for hydroxylation is 2. The molecule has 2 nitrogen and oxygen atoms in total. The molecule has 0 amide bonds. The molecule has 1 aromatic rings. The molecule has 0 spiro atoms. The predicted octanol–water partition coefficient (Wildman–Crippen LogP) is 3.91. The Labute approximate surface area is 116 Å². The van der Waals surface area contributed by atoms with Gasteiger partial charge in [-0.2, -0.15) is 0 Å². The van der Waals surface area contributed by atoms with Gasteiger partial charge < -0.3 is 10.1 Å². The Morgan fingerprint density at radius 2 is 1.89 bits per heavy atom. The summed E-state index contributed by atoms with van der Waals surface area (Å²) in [7, 11) is 0. The first-order valence-electron chi connectivity index (χ1n) is 6.88. The zero-order valence-corrected chi connectivity index (χ0v) is 12.9. The number of hydrogen-bond acceptors (Lipinski definition) is 2. The Kier molecular flexibility index (Phi) is 5.50. The summed E-state index contributed by atoms with van der Waals surface area (Å²) in [5, 5.41) is 3.31. The van der Waals surface area contributed by atoms with Gasteiger partial charge in [0.1, 0.15) is 5.82 Å². The fraction of sp³-hybridized carbons (Fsp3) is 0.625. The first-order valence-corrected chi connectivity index (χ1v) is 6.88. The molecule has 19 heavy (non-hydrogen) atoms. The van der Waals surface area contributed by atoms with Crippen LogP contribution in [0.4, 0.5) is 4.39 Å². The zero-order chi connectivity index (χ0) is 14.6. The minimum atomic E-state index is -0.219. The summed E-state index contributed by atoms with van der Waals surface area (Å²) in [6, 6.07) is 3.49. The van der Waals surface area contributed by atoms with Crippen LogP contribution in [-0.2, 0) is 4.74 Å². The molecule has 1 unspecified atom stereocenters. The van der Waals surface area contributed by atoms with Crippen LogP contribution in [0.25, 0.3) is 0 Å². The third-order valence-corrected chi connectivity index (χ3v) is 2.96. The van der Waals surface area contributed by atoms with Crippen molar-refractivity contribution in [3.63, 3.8) is 0 Å². The van der Waals surface area contributed by atoms with Crippen LogP contribution in [0.5, 0.6) is 0 Å². The van der Waals surface area contributed by atoms with Crippen LogP contribution in [0.15, 0.2) is 12.1 Å². The first-order chi connectivity index (χ1) is 8.74. The largest absolute Gasteiger partial charge is 0.374 e. The van der Waals surface area contributed by atoms with Gasteiger partial charge in [0.2, 0.25) is 0 Å². The number of rotatable bonds is 5. The smallest absolute Gasteiger partial charge is 0.128 e. The maximum atomic E-state index is 14.2. The second kappa shape index (κ2) is 6.49. The molecule has 0 radical (unpaired) electrons. The van der Waals surface area contributed by atoms with Crippen molar-refractivity contribution >= 4 is 0 Å². The van der Waals surface area contributed by atoms with Gasteiger partial charge in [0.25, 0.3) is 0 Å². The topological polar surface area (TPSA) is 21.3 Å². The summed E-state index contributed by atoms with van der Waals surface area (Å²) in [6.45, 7) is 13.2. The maximum absolute atomic E-state index is 14.2. The standard InChI is InChI=1S/C16H26FNO/c1-7-18-14(10-19-16(4,5)6)15-12(3)8-11(2)9-13(15)17/h8-9,14,18H,7,10H2,1-6H3. The lowest BCUT2D eigenvalue weighted by Gasteiger charge is -2.26. The number of halogens is 1. The van der Waals surface area contributed by atoms with Crippen LogP contribution in [0.3, 0.4) is 0 Å². The number of likely N-dealkylation sites (N-methyl/N-ethyl adjacent to an activating group) is 1. The summed E-state index contributed by atoms with van der Waals surface area (Å²) >= 11 is 0. The zero-order valence-electron chi connectivity index (χ0n) is 12.9. The molecule has 108 valence electrons. The van der Waals surface area contributed by atoms with Crippen molar-refractivity contribution in [1.29, 1.82) is 0 Å². The maximum Gasteiger partial charge on any atom is 0.128 e. The van der Waals surface area contributed by atoms with Crippen molar-refractivity contribution in [2.45, 2.75) is 53.2 Å². The van der Waals surface area contributed by atoms with Gasteiger partial charge >= 0.3 is 0 Å². The van der Waals surface area contributed by atoms with Gasteiger partial charge in [0.05, 0.1) is 18.2 Å². The van der Waals surface area contributed by atoms with Crippen LogP contribution in [0, 0.1) is 19.7 Å². The second-order valence-electron chi connectivity index (χ2n) is 6.01. The van der Waals surface area contributed by atoms with E-state index in [9.17, 15) is 4.39 Å². The van der Waals surface area contributed by atoms with Gasteiger partial charge in [0, 0.05) is 5.56 Å². The lowest BCUT2D eigenvalue weighted by molar-refractivity contribution is -0.0151. The molecule has 0 aliphatic rings. The molecule has 3 heteroatoms. The van der Waals surface area contributed by atoms with Gasteiger partial charge in [-0.3, -0.25) is 0 Å². The van der Waals surface area contributed by atoms with Crippen molar-refractivity contribution < 1.29 is 9.13 Å². The van der Waals surface area contributed by atoms with Crippen molar-refractivity contribution in [3.8, 4) is 0 Å². The Bertz CT molecular complexity index is 400. The third-order valence-electron chi connectivity index (χ3n) is 2.96. The van der Waals surface area contributed by atoms with Crippen LogP contribution >= 0.6 is 0 Å². The highest BCUT2D eigenvalue weighted by molar-refractivity contribution is 5.34. The minimum absolute atomic E-state index is 0.107. The molecule has 1 aromatic carbocycles. The lowest BCUT2D eigenvalue weighted by atomic mass is 9.98. The molecular weight excluding hydrogens is 241 g/mol. The van der Waals surface area contributed by atoms with Gasteiger partial charge in [-0.25, -0.2) is 4.39 Å². The van der Waals surface area contributed by atoms with E-state index in [1.54, 1.807) is 6.07 Å². The van der Waals surface area contributed by atoms with E-state index in [0.29, 0.717) is 6.61 Å². The van der Waals surface area contributed by atoms with Gasteiger partial charge in [-0.15, -0.1) is 0 Å². The highest BCUT2D eigenvalue weighted by Gasteiger charge is 2.21. The Morgan fingerprint density at radius 1 is 1.26 bits per heavy atom. The molecule has 0 aromatic heterocycles. The summed E-state index contributed by atoms with van der Waals surface area (Å²) < 4.78 is 20.0. The molecule has 0 bridgehead atoms. The average Bonchev–Trinajstić information content (AvgIpc) is 2.23. The highest BCUT2D eigenvalue weighted by Crippen LogP contribution is 2.24. The Balaban J connectivity index is 2.99. The third kappa shape index (κ3) is 4.92. The van der Waals surface area contributed by atoms with Gasteiger partial charge in [-0.05, 0) is 58.4 Å². The summed E-state index contributed by atoms with van der Waals surface area (Å²) in [5.41, 5.74) is 2.42. The average molecular weight is 267 g/mol. The minimum Gasteiger partial charge on any atom is -0.374 e. The molecule has 0 fully saturated rings. The van der Waals surface area contributed by atoms with E-state index in [4.69, 9.17) is 4.74 Å². The van der Waals surface area contributed by atoms with E-state index >= 15 is 0 Å². The molecule has 1 rings (SSSR count). The Hall–Kier alpha value is -0.930. The Morgan fingerprint density at radius 3 is 2.37 bits per heavy atom. The second-order valence-corrected chi connectivity index (χ2v) is 6.01. The SMILES string of the molecule is CCNC(COC(C)(C)C)c1c(C)cc(C)cc1F. The lowest BCUT2D eigenvalue weighted by Crippen LogP contribution is -2.31. The van der Waals surface area contributed by atoms with Crippen LogP contribution in [0.1, 0.15) is 50.4 Å². The van der Waals surface area contributed by atoms with Crippen LogP contribution < -0.4 is 5.32 Å². The van der Waals surface area contributed by atoms with Crippen LogP contribution in [-0.4, -0.2) is 18.8 Å². The molecule has 0 aliphatic heterocycles. The fourth-order valence-electron chi connectivity index (χ4n) is 2.19. The first kappa shape index (κ1) is 16.1. The van der Waals surface area contributed by atoms with Gasteiger partial charge in [0.15, 0.2) is 0 Å². The summed E-state index contributed by atoms with van der Waals surface area (Å²) in [6.07, 6.45) is 0. The van der Waals surface area contributed by atoms with E-state index in [1.807, 2.05) is 47.6 Å². The number of ether oxygens (including phenoxy) is 1. The summed E-state index contributed by atoms with van der Waals surface area (Å²) in [5.74, 6) is -0.152. The number of nitrogens with one attached hydrogen (secondary N) is 1. The van der Waals surface area contributed by atoms with Crippen molar-refractivity contribution in [2.75, 3.05) is 13.2 Å². The van der Waals surface area contributed by atoms with Crippen molar-refractivity contribution in [2.24, 2.45) is 0 Å². The van der Waals surface area contributed by atoms with E-state index in [1.165, 1.54) is 0 Å². The summed E-state index contributed by atoms with van der Waals surface area (Å²) in [4.78, 5) is 0. The van der Waals surface area contributed by atoms with Crippen LogP contribution in [0.2, 0.25) is 0 Å². The fourth-order valence-corrected chi connectivity index (χ4v) is 2.19. The molecular formula is C16H26FNO. The molecule has 0 saturated carbocycles. The van der Waals surface area contributed by atoms with E-state index in [0.717, 1.165) is 23.2 Å². The number of benzene rings is 1. The van der Waals surface area contributed by atoms with E-state index in [2.05, 4.69) is 5.32 Å². The molecule has 1 atom stereocenters. The molecule has 1 N–H and O–H groups in total. The molecule has 0 aliphatic carbocycles. The normalized spacial score (nSPS) is 13.6. The monoisotopic (exact) mass is 267 g/mol. The predicted molar refractivity (Wildman–Crippen MR) is 78.0 cm³/mol. The molecule has 0 saturated heterocycles. The van der Waals surface area contributed by atoms with Crippen molar-refractivity contribution in [1.82, 2.24) is 5.32 Å². The quantitative estimate of drug-likeness (QED) is 0.873. The van der Waals surface area contributed by atoms with E-state index < -0.39 is 0 Å². The highest BCUT2D eigenvalue weighted by atomic mass is 19.1.